The highest BCUT2D eigenvalue weighted by molar-refractivity contribution is 7.21. The molecule has 320 valence electrons. The highest BCUT2D eigenvalue weighted by atomic mass is 32.1. The third-order valence-corrected chi connectivity index (χ3v) is 13.1. The first-order valence-corrected chi connectivity index (χ1v) is 21.4. The van der Waals surface area contributed by atoms with E-state index < -0.39 is 29.7 Å². The highest BCUT2D eigenvalue weighted by Gasteiger charge is 2.46. The number of hydrogen-bond donors (Lipinski definition) is 2. The molecule has 3 saturated heterocycles. The summed E-state index contributed by atoms with van der Waals surface area (Å²) in [4.78, 5) is 96.0. The summed E-state index contributed by atoms with van der Waals surface area (Å²) in [6.07, 6.45) is 5.57. The Morgan fingerprint density at radius 3 is 2.30 bits per heavy atom. The van der Waals surface area contributed by atoms with Crippen LogP contribution in [0.3, 0.4) is 0 Å². The number of aryl methyl sites for hydroxylation is 1. The smallest absolute Gasteiger partial charge is 0.266 e. The maximum atomic E-state index is 13.6. The van der Waals surface area contributed by atoms with Crippen molar-refractivity contribution in [3.8, 4) is 28.4 Å². The molecule has 0 bridgehead atoms. The van der Waals surface area contributed by atoms with Crippen LogP contribution in [0.1, 0.15) is 87.3 Å². The molecule has 4 aromatic rings. The molecule has 2 aromatic heterocycles. The molecule has 6 amide bonds. The quantitative estimate of drug-likeness (QED) is 0.139. The first kappa shape index (κ1) is 41.7. The summed E-state index contributed by atoms with van der Waals surface area (Å²) in [6.45, 7) is 3.96. The van der Waals surface area contributed by atoms with Crippen molar-refractivity contribution in [2.45, 2.75) is 70.0 Å². The number of nitrogens with one attached hydrogen (secondary N) is 2. The van der Waals surface area contributed by atoms with Crippen molar-refractivity contribution in [2.24, 2.45) is 7.05 Å². The fourth-order valence-corrected chi connectivity index (χ4v) is 9.56. The van der Waals surface area contributed by atoms with Crippen LogP contribution in [-0.4, -0.2) is 114 Å². The van der Waals surface area contributed by atoms with Gasteiger partial charge in [-0.25, -0.2) is 0 Å². The van der Waals surface area contributed by atoms with Crippen molar-refractivity contribution in [3.63, 3.8) is 0 Å². The molecule has 4 aliphatic rings. The number of hydrogen-bond acceptors (Lipinski definition) is 12. The van der Waals surface area contributed by atoms with Gasteiger partial charge in [-0.15, -0.1) is 11.3 Å². The molecule has 2 N–H and O–H groups in total. The number of methoxy groups -OCH3 is 2. The van der Waals surface area contributed by atoms with Crippen LogP contribution in [0.25, 0.3) is 21.2 Å². The molecule has 3 fully saturated rings. The first-order chi connectivity index (χ1) is 29.4. The number of likely N-dealkylation sites (tertiary alicyclic amines) is 2. The number of carbonyl (C=O) groups is 6. The van der Waals surface area contributed by atoms with Gasteiger partial charge < -0.3 is 29.0 Å². The van der Waals surface area contributed by atoms with Crippen LogP contribution in [0.2, 0.25) is 0 Å². The Morgan fingerprint density at radius 2 is 1.62 bits per heavy atom. The Hall–Kier alpha value is -6.07. The Bertz CT molecular complexity index is 2480. The summed E-state index contributed by atoms with van der Waals surface area (Å²) in [5, 5.41) is 5.77. The van der Waals surface area contributed by atoms with E-state index in [9.17, 15) is 33.6 Å². The van der Waals surface area contributed by atoms with E-state index in [2.05, 4.69) is 15.5 Å². The third kappa shape index (κ3) is 8.23. The number of carbonyl (C=O) groups excluding carboxylic acids is 6. The average molecular weight is 853 g/mol. The zero-order valence-corrected chi connectivity index (χ0v) is 35.2. The standard InChI is InChI=1S/C44H48N6O10S/c1-47-23-29(25-20-33(58-2)30(34(21-25)59-3)24-48-15-7-16-48)39-28(42(47)55)22-35(61-39)41(54)45-26-13-17-49(18-14-26)37(52)10-4-5-19-60-32-9-6-8-27-38(32)44(57)50(43(27)56)31-11-12-36(51)46-40(31)53/h6,8-9,20-23,26,31H,4-5,7,10-19,24H2,1-3H3,(H,45,54)(H,46,51,53). The predicted octanol–water partition coefficient (Wildman–Crippen LogP) is 3.86. The topological polar surface area (TPSA) is 186 Å². The number of imide groups is 2. The zero-order valence-electron chi connectivity index (χ0n) is 34.4. The number of benzene rings is 2. The monoisotopic (exact) mass is 852 g/mol. The number of nitrogens with zero attached hydrogens (tertiary/aromatic N) is 4. The lowest BCUT2D eigenvalue weighted by Crippen LogP contribution is -2.54. The maximum absolute atomic E-state index is 13.6. The molecule has 17 heteroatoms. The van der Waals surface area contributed by atoms with Crippen LogP contribution in [0.4, 0.5) is 0 Å². The summed E-state index contributed by atoms with van der Waals surface area (Å²) in [5.41, 5.74) is 2.60. The van der Waals surface area contributed by atoms with Crippen LogP contribution < -0.4 is 30.4 Å². The van der Waals surface area contributed by atoms with Crippen molar-refractivity contribution in [3.05, 3.63) is 74.5 Å². The summed E-state index contributed by atoms with van der Waals surface area (Å²) in [5.74, 6) is -1.01. The van der Waals surface area contributed by atoms with Gasteiger partial charge in [-0.3, -0.25) is 48.7 Å². The number of pyridine rings is 1. The summed E-state index contributed by atoms with van der Waals surface area (Å²) >= 11 is 1.27. The van der Waals surface area contributed by atoms with E-state index in [-0.39, 0.29) is 59.7 Å². The van der Waals surface area contributed by atoms with Crippen LogP contribution in [0.5, 0.6) is 17.2 Å². The van der Waals surface area contributed by atoms with Crippen molar-refractivity contribution >= 4 is 56.9 Å². The molecule has 0 spiro atoms. The van der Waals surface area contributed by atoms with E-state index in [1.165, 1.54) is 28.4 Å². The fraction of sp³-hybridized carbons (Fsp3) is 0.432. The molecule has 16 nitrogen and oxygen atoms in total. The highest BCUT2D eigenvalue weighted by Crippen LogP contribution is 2.40. The van der Waals surface area contributed by atoms with Crippen LogP contribution in [0.15, 0.2) is 47.4 Å². The summed E-state index contributed by atoms with van der Waals surface area (Å²) in [6, 6.07) is 9.09. The van der Waals surface area contributed by atoms with Gasteiger partial charge >= 0.3 is 0 Å². The molecular weight excluding hydrogens is 805 g/mol. The maximum Gasteiger partial charge on any atom is 0.266 e. The van der Waals surface area contributed by atoms with Gasteiger partial charge in [-0.2, -0.15) is 0 Å². The van der Waals surface area contributed by atoms with E-state index in [1.807, 2.05) is 12.1 Å². The minimum Gasteiger partial charge on any atom is -0.496 e. The van der Waals surface area contributed by atoms with Gasteiger partial charge in [-0.1, -0.05) is 6.07 Å². The van der Waals surface area contributed by atoms with Gasteiger partial charge in [0.1, 0.15) is 23.3 Å². The van der Waals surface area contributed by atoms with E-state index in [1.54, 1.807) is 50.6 Å². The van der Waals surface area contributed by atoms with Gasteiger partial charge in [0.25, 0.3) is 23.3 Å². The second-order valence-electron chi connectivity index (χ2n) is 15.9. The van der Waals surface area contributed by atoms with Gasteiger partial charge in [-0.05, 0) is 87.5 Å². The van der Waals surface area contributed by atoms with Crippen molar-refractivity contribution in [2.75, 3.05) is 47.0 Å². The molecule has 0 radical (unpaired) electrons. The van der Waals surface area contributed by atoms with Gasteiger partial charge in [0.2, 0.25) is 17.7 Å². The molecule has 61 heavy (non-hydrogen) atoms. The van der Waals surface area contributed by atoms with E-state index in [0.717, 1.165) is 34.7 Å². The molecule has 1 unspecified atom stereocenters. The van der Waals surface area contributed by atoms with Gasteiger partial charge in [0.15, 0.2) is 0 Å². The minimum atomic E-state index is -1.07. The lowest BCUT2D eigenvalue weighted by atomic mass is 10.0. The Labute approximate surface area is 355 Å². The van der Waals surface area contributed by atoms with Gasteiger partial charge in [0, 0.05) is 62.0 Å². The van der Waals surface area contributed by atoms with Crippen LogP contribution in [-0.2, 0) is 28.0 Å². The van der Waals surface area contributed by atoms with Crippen LogP contribution in [0, 0.1) is 0 Å². The Balaban J connectivity index is 0.833. The van der Waals surface area contributed by atoms with Crippen molar-refractivity contribution in [1.29, 1.82) is 0 Å². The second-order valence-corrected chi connectivity index (χ2v) is 16.9. The summed E-state index contributed by atoms with van der Waals surface area (Å²) < 4.78 is 19.8. The number of fused-ring (bicyclic) bond motifs is 2. The van der Waals surface area contributed by atoms with E-state index in [4.69, 9.17) is 14.2 Å². The third-order valence-electron chi connectivity index (χ3n) is 12.0. The fourth-order valence-electron chi connectivity index (χ4n) is 8.48. The number of rotatable bonds is 14. The second kappa shape index (κ2) is 17.5. The molecule has 4 aliphatic heterocycles. The number of piperidine rings is 2. The molecular formula is C44H48N6O10S. The van der Waals surface area contributed by atoms with E-state index >= 15 is 0 Å². The zero-order chi connectivity index (χ0) is 42.9. The molecule has 0 aliphatic carbocycles. The number of amides is 6. The number of ether oxygens (including phenoxy) is 3. The Morgan fingerprint density at radius 1 is 0.885 bits per heavy atom. The number of unbranched alkanes of at least 4 members (excludes halogenated alkanes) is 1. The normalized spacial score (nSPS) is 18.2. The molecule has 8 rings (SSSR count). The first-order valence-electron chi connectivity index (χ1n) is 20.6. The van der Waals surface area contributed by atoms with Crippen molar-refractivity contribution in [1.82, 2.24) is 29.9 Å². The van der Waals surface area contributed by atoms with Crippen LogP contribution >= 0.6 is 11.3 Å². The lowest BCUT2D eigenvalue weighted by Gasteiger charge is -2.32. The molecule has 6 heterocycles. The van der Waals surface area contributed by atoms with Crippen molar-refractivity contribution < 1.29 is 43.0 Å². The minimum absolute atomic E-state index is 0.000701. The number of thiophene rings is 1. The summed E-state index contributed by atoms with van der Waals surface area (Å²) in [7, 11) is 4.97. The average Bonchev–Trinajstić information content (AvgIpc) is 3.80. The number of aromatic nitrogens is 1. The van der Waals surface area contributed by atoms with Gasteiger partial charge in [0.05, 0.1) is 47.8 Å². The lowest BCUT2D eigenvalue weighted by molar-refractivity contribution is -0.136. The molecule has 0 saturated carbocycles. The molecule has 1 atom stereocenters. The Kier molecular flexibility index (Phi) is 11.9. The van der Waals surface area contributed by atoms with E-state index in [0.29, 0.717) is 78.2 Å². The predicted molar refractivity (Wildman–Crippen MR) is 225 cm³/mol. The largest absolute Gasteiger partial charge is 0.496 e. The molecule has 2 aromatic carbocycles. The SMILES string of the molecule is COc1cc(-c2cn(C)c(=O)c3cc(C(=O)NC4CCN(C(=O)CCCCOc5cccc6c5C(=O)N(C5CCC(=O)NC5=O)C6=O)CC4)sc23)cc(OC)c1CN1CCC1.